The number of ether oxygens (including phenoxy) is 1. The molecule has 2 aliphatic rings. The van der Waals surface area contributed by atoms with E-state index < -0.39 is 0 Å². The summed E-state index contributed by atoms with van der Waals surface area (Å²) in [7, 11) is 0. The van der Waals surface area contributed by atoms with E-state index in [-0.39, 0.29) is 11.9 Å². The van der Waals surface area contributed by atoms with E-state index in [1.807, 2.05) is 41.0 Å². The van der Waals surface area contributed by atoms with Crippen LogP contribution in [0.2, 0.25) is 0 Å². The SMILES string of the molecule is O=C1NCc2cccc(Nc3cccc(-c4nncn4C4COC4)n3)c21. The Morgan fingerprint density at radius 3 is 2.92 bits per heavy atom. The third kappa shape index (κ3) is 2.42. The second-order valence-corrected chi connectivity index (χ2v) is 6.31. The van der Waals surface area contributed by atoms with Gasteiger partial charge in [-0.1, -0.05) is 18.2 Å². The fraction of sp³-hybridized carbons (Fsp3) is 0.222. The second kappa shape index (κ2) is 5.92. The summed E-state index contributed by atoms with van der Waals surface area (Å²) in [6.07, 6.45) is 1.71. The van der Waals surface area contributed by atoms with Crippen LogP contribution in [0.15, 0.2) is 42.7 Å². The zero-order valence-electron chi connectivity index (χ0n) is 13.8. The lowest BCUT2D eigenvalue weighted by molar-refractivity contribution is -0.0228. The molecule has 26 heavy (non-hydrogen) atoms. The summed E-state index contributed by atoms with van der Waals surface area (Å²) < 4.78 is 7.25. The first-order valence-electron chi connectivity index (χ1n) is 8.41. The maximum atomic E-state index is 12.1. The van der Waals surface area contributed by atoms with Crippen LogP contribution in [0.4, 0.5) is 11.5 Å². The monoisotopic (exact) mass is 348 g/mol. The van der Waals surface area contributed by atoms with Crippen molar-refractivity contribution < 1.29 is 9.53 Å². The van der Waals surface area contributed by atoms with Gasteiger partial charge < -0.3 is 19.9 Å². The van der Waals surface area contributed by atoms with Crippen LogP contribution in [-0.2, 0) is 11.3 Å². The molecule has 2 aromatic heterocycles. The first-order chi connectivity index (χ1) is 12.8. The highest BCUT2D eigenvalue weighted by atomic mass is 16.5. The zero-order valence-corrected chi connectivity index (χ0v) is 13.8. The number of nitrogens with zero attached hydrogens (tertiary/aromatic N) is 4. The molecule has 0 bridgehead atoms. The molecule has 1 saturated heterocycles. The molecular weight excluding hydrogens is 332 g/mol. The van der Waals surface area contributed by atoms with Crippen molar-refractivity contribution in [3.8, 4) is 11.5 Å². The predicted octanol–water partition coefficient (Wildman–Crippen LogP) is 1.90. The lowest BCUT2D eigenvalue weighted by Gasteiger charge is -2.27. The van der Waals surface area contributed by atoms with E-state index in [9.17, 15) is 4.79 Å². The minimum absolute atomic E-state index is 0.0658. The number of fused-ring (bicyclic) bond motifs is 1. The van der Waals surface area contributed by atoms with Crippen molar-refractivity contribution in [2.45, 2.75) is 12.6 Å². The molecule has 1 amide bonds. The smallest absolute Gasteiger partial charge is 0.254 e. The van der Waals surface area contributed by atoms with Crippen LogP contribution in [0.25, 0.3) is 11.5 Å². The molecule has 3 aromatic rings. The van der Waals surface area contributed by atoms with Crippen molar-refractivity contribution >= 4 is 17.4 Å². The number of nitrogens with one attached hydrogen (secondary N) is 2. The minimum atomic E-state index is -0.0658. The largest absolute Gasteiger partial charge is 0.377 e. The number of anilines is 2. The number of benzene rings is 1. The van der Waals surface area contributed by atoms with E-state index in [0.29, 0.717) is 37.0 Å². The molecule has 4 heterocycles. The van der Waals surface area contributed by atoms with Crippen LogP contribution in [0.3, 0.4) is 0 Å². The molecule has 0 spiro atoms. The van der Waals surface area contributed by atoms with Crippen LogP contribution in [0.1, 0.15) is 22.0 Å². The van der Waals surface area contributed by atoms with Crippen LogP contribution in [-0.4, -0.2) is 38.9 Å². The van der Waals surface area contributed by atoms with Crippen LogP contribution >= 0.6 is 0 Å². The van der Waals surface area contributed by atoms with Gasteiger partial charge in [0.05, 0.1) is 30.5 Å². The normalized spacial score (nSPS) is 16.1. The molecule has 1 fully saturated rings. The molecule has 5 rings (SSSR count). The molecule has 1 aromatic carbocycles. The van der Waals surface area contributed by atoms with Crippen molar-refractivity contribution in [1.29, 1.82) is 0 Å². The van der Waals surface area contributed by atoms with Gasteiger partial charge in [0.1, 0.15) is 17.8 Å². The number of rotatable bonds is 4. The molecule has 2 aliphatic heterocycles. The molecular formula is C18H16N6O2. The Bertz CT molecular complexity index is 995. The van der Waals surface area contributed by atoms with Crippen molar-refractivity contribution in [1.82, 2.24) is 25.1 Å². The van der Waals surface area contributed by atoms with E-state index in [1.165, 1.54) is 0 Å². The maximum absolute atomic E-state index is 12.1. The summed E-state index contributed by atoms with van der Waals surface area (Å²) in [5.74, 6) is 1.29. The standard InChI is InChI=1S/C18H16N6O2/c25-18-16-11(7-19-18)3-1-4-13(16)21-15-6-2-5-14(22-15)17-23-20-10-24(17)12-8-26-9-12/h1-6,10,12H,7-9H2,(H,19,25)(H,21,22). The third-order valence-electron chi connectivity index (χ3n) is 4.65. The van der Waals surface area contributed by atoms with Crippen LogP contribution < -0.4 is 10.6 Å². The highest BCUT2D eigenvalue weighted by Gasteiger charge is 2.25. The van der Waals surface area contributed by atoms with Gasteiger partial charge in [0.25, 0.3) is 5.91 Å². The Balaban J connectivity index is 1.48. The Morgan fingerprint density at radius 2 is 2.08 bits per heavy atom. The van der Waals surface area contributed by atoms with E-state index in [4.69, 9.17) is 4.74 Å². The number of pyridine rings is 1. The topological polar surface area (TPSA) is 94.0 Å². The number of hydrogen-bond acceptors (Lipinski definition) is 6. The van der Waals surface area contributed by atoms with Crippen LogP contribution in [0.5, 0.6) is 0 Å². The van der Waals surface area contributed by atoms with Gasteiger partial charge in [-0.2, -0.15) is 0 Å². The molecule has 0 atom stereocenters. The number of carbonyl (C=O) groups is 1. The van der Waals surface area contributed by atoms with Crippen molar-refractivity contribution in [3.05, 3.63) is 53.9 Å². The number of aromatic nitrogens is 4. The average molecular weight is 348 g/mol. The fourth-order valence-electron chi connectivity index (χ4n) is 3.23. The Hall–Kier alpha value is -3.26. The van der Waals surface area contributed by atoms with Gasteiger partial charge in [0, 0.05) is 6.54 Å². The Morgan fingerprint density at radius 1 is 1.19 bits per heavy atom. The molecule has 0 saturated carbocycles. The molecule has 0 unspecified atom stereocenters. The quantitative estimate of drug-likeness (QED) is 0.748. The minimum Gasteiger partial charge on any atom is -0.377 e. The zero-order chi connectivity index (χ0) is 17.5. The molecule has 8 heteroatoms. The summed E-state index contributed by atoms with van der Waals surface area (Å²) in [5.41, 5.74) is 3.13. The molecule has 8 nitrogen and oxygen atoms in total. The summed E-state index contributed by atoms with van der Waals surface area (Å²) in [4.78, 5) is 16.7. The molecule has 0 radical (unpaired) electrons. The van der Waals surface area contributed by atoms with Gasteiger partial charge in [-0.15, -0.1) is 10.2 Å². The predicted molar refractivity (Wildman–Crippen MR) is 94.0 cm³/mol. The summed E-state index contributed by atoms with van der Waals surface area (Å²) in [6, 6.07) is 11.7. The first kappa shape index (κ1) is 15.0. The van der Waals surface area contributed by atoms with Crippen molar-refractivity contribution in [2.24, 2.45) is 0 Å². The summed E-state index contributed by atoms with van der Waals surface area (Å²) in [6.45, 7) is 1.88. The van der Waals surface area contributed by atoms with E-state index in [1.54, 1.807) is 6.33 Å². The number of hydrogen-bond donors (Lipinski definition) is 2. The molecule has 130 valence electrons. The number of carbonyl (C=O) groups excluding carboxylic acids is 1. The summed E-state index contributed by atoms with van der Waals surface area (Å²) in [5, 5.41) is 14.3. The maximum Gasteiger partial charge on any atom is 0.254 e. The molecule has 2 N–H and O–H groups in total. The lowest BCUT2D eigenvalue weighted by atomic mass is 10.1. The summed E-state index contributed by atoms with van der Waals surface area (Å²) >= 11 is 0. The highest BCUT2D eigenvalue weighted by molar-refractivity contribution is 6.04. The fourth-order valence-corrected chi connectivity index (χ4v) is 3.23. The number of amides is 1. The van der Waals surface area contributed by atoms with Gasteiger partial charge in [0.15, 0.2) is 5.82 Å². The van der Waals surface area contributed by atoms with Gasteiger partial charge in [-0.3, -0.25) is 4.79 Å². The van der Waals surface area contributed by atoms with Crippen LogP contribution in [0, 0.1) is 0 Å². The second-order valence-electron chi connectivity index (χ2n) is 6.31. The Kier molecular flexibility index (Phi) is 3.42. The van der Waals surface area contributed by atoms with Crippen molar-refractivity contribution in [3.63, 3.8) is 0 Å². The third-order valence-corrected chi connectivity index (χ3v) is 4.65. The average Bonchev–Trinajstić information content (AvgIpc) is 3.22. The lowest BCUT2D eigenvalue weighted by Crippen LogP contribution is -2.30. The van der Waals surface area contributed by atoms with E-state index in [0.717, 1.165) is 16.9 Å². The van der Waals surface area contributed by atoms with Gasteiger partial charge >= 0.3 is 0 Å². The van der Waals surface area contributed by atoms with E-state index >= 15 is 0 Å². The Labute approximate surface area is 149 Å². The highest BCUT2D eigenvalue weighted by Crippen LogP contribution is 2.28. The van der Waals surface area contributed by atoms with Crippen molar-refractivity contribution in [2.75, 3.05) is 18.5 Å². The van der Waals surface area contributed by atoms with E-state index in [2.05, 4.69) is 25.8 Å². The molecule has 0 aliphatic carbocycles. The van der Waals surface area contributed by atoms with Gasteiger partial charge in [0.2, 0.25) is 0 Å². The van der Waals surface area contributed by atoms with Gasteiger partial charge in [-0.25, -0.2) is 4.98 Å². The van der Waals surface area contributed by atoms with Gasteiger partial charge in [-0.05, 0) is 23.8 Å². The first-order valence-corrected chi connectivity index (χ1v) is 8.41.